The number of rotatable bonds is 0. The summed E-state index contributed by atoms with van der Waals surface area (Å²) in [6.45, 7) is 3.89. The van der Waals surface area contributed by atoms with Crippen LogP contribution in [0.25, 0.3) is 0 Å². The van der Waals surface area contributed by atoms with Gasteiger partial charge in [-0.15, -0.1) is 0 Å². The maximum absolute atomic E-state index is 8.85. The molecule has 0 bridgehead atoms. The average molecular weight is 1250 g/mol. The predicted octanol–water partition coefficient (Wildman–Crippen LogP) is -11.6. The first-order chi connectivity index (χ1) is 15.7. The van der Waals surface area contributed by atoms with Crippen molar-refractivity contribution in [1.29, 1.82) is 0 Å². The van der Waals surface area contributed by atoms with Crippen molar-refractivity contribution in [2.45, 2.75) is 19.9 Å². The average Bonchev–Trinajstić information content (AvgIpc) is 2.18. The van der Waals surface area contributed by atoms with E-state index in [1.54, 1.807) is 0 Å². The summed E-state index contributed by atoms with van der Waals surface area (Å²) in [6.07, 6.45) is 0. The Hall–Kier alpha value is 1.30. The molecular formula is C3H29Mo7NO31. The Balaban J connectivity index is -0.0000000288. The van der Waals surface area contributed by atoms with E-state index >= 15 is 0 Å². The summed E-state index contributed by atoms with van der Waals surface area (Å²) in [6, 6.07) is 0.333. The van der Waals surface area contributed by atoms with Gasteiger partial charge < -0.3 is 22.2 Å². The third kappa shape index (κ3) is 39800. The van der Waals surface area contributed by atoms with Gasteiger partial charge in [0.05, 0.1) is 0 Å². The van der Waals surface area contributed by atoms with Crippen LogP contribution >= 0.6 is 0 Å². The van der Waals surface area contributed by atoms with Crippen molar-refractivity contribution in [1.82, 2.24) is 0 Å². The number of hydrogen-bond acceptors (Lipinski definition) is 15. The van der Waals surface area contributed by atoms with Crippen LogP contribution in [-0.2, 0) is 165 Å². The molecule has 274 valence electrons. The molecule has 0 heterocycles. The fraction of sp³-hybridized carbons (Fsp3) is 1.00. The molecule has 0 atom stereocenters. The Morgan fingerprint density at radius 3 is 0.310 bits per heavy atom. The van der Waals surface area contributed by atoms with Crippen molar-refractivity contribution >= 4 is 0 Å². The standard InChI is InChI=1S/C3H9N.7Mo.17H2O.14O/c1-3(2)4;;;;;;;;;;;;;;;;;;;;;;;;;;;;;;;;;;;;;;/h3H,4H2,1-2H3;;;;;;;;17*1H2;;;;;;;;;;;;;;/q;7*+2;;;;;;;;;;;;;;;;;;;;;;;;;;;;;;;/p-14. The zero-order chi connectivity index (χ0) is 35.1. The molecule has 0 radical (unpaired) electrons. The van der Waals surface area contributed by atoms with Gasteiger partial charge in [-0.05, 0) is 6.04 Å². The van der Waals surface area contributed by atoms with Crippen molar-refractivity contribution in [3.8, 4) is 0 Å². The van der Waals surface area contributed by atoms with E-state index in [1.165, 1.54) is 0 Å². The van der Waals surface area contributed by atoms with Crippen LogP contribution in [0, 0.1) is 0 Å². The summed E-state index contributed by atoms with van der Waals surface area (Å²) in [5, 5.41) is 0. The minimum atomic E-state index is -5.52. The van der Waals surface area contributed by atoms with Crippen molar-refractivity contribution in [2.75, 3.05) is 0 Å². The summed E-state index contributed by atoms with van der Waals surface area (Å²) in [5.74, 6) is 0. The van der Waals surface area contributed by atoms with Gasteiger partial charge in [0.2, 0.25) is 0 Å². The van der Waals surface area contributed by atoms with Crippen LogP contribution in [0.5, 0.6) is 0 Å². The Morgan fingerprint density at radius 1 is 0.310 bits per heavy atom. The van der Waals surface area contributed by atoms with E-state index < -0.39 is 117 Å². The van der Waals surface area contributed by atoms with Crippen LogP contribution in [0.3, 0.4) is 0 Å². The SMILES string of the molecule is CC(C)N.O.O.O.[O]=[Mo](=[O])([OH])[OH].[O]=[Mo](=[O])([OH])[OH].[O]=[Mo](=[O])([OH])[OH].[O]=[Mo](=[O])([OH])[OH].[O]=[Mo](=[O])([OH])[OH].[O]=[Mo](=[O])([OH])[OH].[O]=[Mo](=[O])([OH])[OH]. The second-order valence-corrected chi connectivity index (χ2v) is 19.8. The Bertz CT molecular complexity index is 970. The van der Waals surface area contributed by atoms with Crippen LogP contribution in [0.1, 0.15) is 13.8 Å². The van der Waals surface area contributed by atoms with Gasteiger partial charge in [-0.3, -0.25) is 0 Å². The molecular weight excluding hydrogens is 1220 g/mol. The predicted molar refractivity (Wildman–Crippen MR) is 70.8 cm³/mol. The summed E-state index contributed by atoms with van der Waals surface area (Å²) in [4.78, 5) is 0. The number of nitrogens with two attached hydrogens (primary N) is 1. The molecule has 0 rings (SSSR count). The third-order valence-corrected chi connectivity index (χ3v) is 0. The van der Waals surface area contributed by atoms with Gasteiger partial charge in [-0.2, -0.15) is 0 Å². The quantitative estimate of drug-likeness (QED) is 0.100. The van der Waals surface area contributed by atoms with E-state index in [2.05, 4.69) is 0 Å². The fourth-order valence-corrected chi connectivity index (χ4v) is 0. The van der Waals surface area contributed by atoms with Gasteiger partial charge in [-0.25, -0.2) is 0 Å². The molecule has 42 heavy (non-hydrogen) atoms. The summed E-state index contributed by atoms with van der Waals surface area (Å²) in [7, 11) is 0. The van der Waals surface area contributed by atoms with Gasteiger partial charge in [0, 0.05) is 0 Å². The molecule has 0 saturated carbocycles. The molecule has 0 unspecified atom stereocenters. The van der Waals surface area contributed by atoms with E-state index in [9.17, 15) is 0 Å². The van der Waals surface area contributed by atoms with Gasteiger partial charge in [0.1, 0.15) is 0 Å². The van der Waals surface area contributed by atoms with Crippen molar-refractivity contribution in [3.63, 3.8) is 0 Å². The van der Waals surface area contributed by atoms with E-state index in [4.69, 9.17) is 106 Å². The van der Waals surface area contributed by atoms with E-state index in [0.717, 1.165) is 0 Å². The van der Waals surface area contributed by atoms with Gasteiger partial charge in [-0.1, -0.05) is 13.8 Å². The van der Waals surface area contributed by atoms with Crippen LogP contribution in [0.4, 0.5) is 0 Å². The topological polar surface area (TPSA) is 643 Å². The first-order valence-electron chi connectivity index (χ1n) is 6.38. The third-order valence-electron chi connectivity index (χ3n) is 0. The Morgan fingerprint density at radius 2 is 0.310 bits per heavy atom. The van der Waals surface area contributed by atoms with Crippen LogP contribution in [0.2, 0.25) is 0 Å². The molecule has 0 aromatic carbocycles. The van der Waals surface area contributed by atoms with E-state index in [0.29, 0.717) is 6.04 Å². The molecule has 32 nitrogen and oxygen atoms in total. The molecule has 39 heteroatoms. The van der Waals surface area contributed by atoms with E-state index in [-0.39, 0.29) is 16.4 Å². The molecule has 0 spiro atoms. The summed E-state index contributed by atoms with van der Waals surface area (Å²) in [5.41, 5.74) is 5.11. The maximum atomic E-state index is 8.85. The summed E-state index contributed by atoms with van der Waals surface area (Å²) < 4.78 is 224. The van der Waals surface area contributed by atoms with Crippen molar-refractivity contribution in [2.24, 2.45) is 5.73 Å². The van der Waals surface area contributed by atoms with Gasteiger partial charge >= 0.3 is 217 Å². The zero-order valence-electron chi connectivity index (χ0n) is 19.5. The van der Waals surface area contributed by atoms with Crippen molar-refractivity contribution < 1.29 is 234 Å². The molecule has 0 aliphatic heterocycles. The second kappa shape index (κ2) is 33.7. The van der Waals surface area contributed by atoms with Crippen molar-refractivity contribution in [3.05, 3.63) is 0 Å². The van der Waals surface area contributed by atoms with Crippen LogP contribution < -0.4 is 5.73 Å². The molecule has 0 fully saturated rings. The minimum absolute atomic E-state index is 0. The molecule has 0 saturated heterocycles. The summed E-state index contributed by atoms with van der Waals surface area (Å²) >= 11 is -38.6. The number of hydrogen-bond donors (Lipinski definition) is 15. The molecule has 22 N–H and O–H groups in total. The monoisotopic (exact) mass is 1260 g/mol. The van der Waals surface area contributed by atoms with Crippen LogP contribution in [-0.4, -0.2) is 75.1 Å². The second-order valence-electron chi connectivity index (χ2n) is 4.38. The molecule has 0 aliphatic rings. The van der Waals surface area contributed by atoms with Crippen LogP contribution in [0.15, 0.2) is 0 Å². The molecule has 0 amide bonds. The fourth-order valence-electron chi connectivity index (χ4n) is 0. The van der Waals surface area contributed by atoms with Gasteiger partial charge in [0.15, 0.2) is 0 Å². The molecule has 0 aliphatic carbocycles. The molecule has 0 aromatic rings. The Labute approximate surface area is 256 Å². The molecule has 0 aromatic heterocycles. The zero-order valence-corrected chi connectivity index (χ0v) is 33.5. The van der Waals surface area contributed by atoms with Gasteiger partial charge in [0.25, 0.3) is 0 Å². The first kappa shape index (κ1) is 74.3. The Kier molecular flexibility index (Phi) is 59.5. The normalized spacial score (nSPS) is 10.5. The van der Waals surface area contributed by atoms with E-state index in [1.807, 2.05) is 13.8 Å². The first-order valence-corrected chi connectivity index (χ1v) is 30.4.